The van der Waals surface area contributed by atoms with Crippen molar-refractivity contribution < 1.29 is 14.6 Å². The Balaban J connectivity index is 2.54. The van der Waals surface area contributed by atoms with Crippen LogP contribution in [0.2, 0.25) is 15.1 Å². The smallest absolute Gasteiger partial charge is 0.341 e. The number of halogens is 3. The van der Waals surface area contributed by atoms with E-state index in [1.54, 1.807) is 13.8 Å². The molecule has 0 radical (unpaired) electrons. The van der Waals surface area contributed by atoms with Crippen LogP contribution in [0, 0.1) is 13.8 Å². The van der Waals surface area contributed by atoms with Crippen molar-refractivity contribution in [3.05, 3.63) is 50.2 Å². The highest BCUT2D eigenvalue weighted by Crippen LogP contribution is 2.37. The van der Waals surface area contributed by atoms with Crippen LogP contribution in [0.5, 0.6) is 11.5 Å². The van der Waals surface area contributed by atoms with Crippen LogP contribution in [0.15, 0.2) is 18.2 Å². The Kier molecular flexibility index (Phi) is 4.61. The number of carboxylic acid groups (broad SMARTS) is 1. The number of hydrogen-bond acceptors (Lipinski definition) is 3. The van der Waals surface area contributed by atoms with Gasteiger partial charge in [0, 0.05) is 17.8 Å². The summed E-state index contributed by atoms with van der Waals surface area (Å²) in [5.41, 5.74) is 0.958. The Labute approximate surface area is 136 Å². The van der Waals surface area contributed by atoms with Gasteiger partial charge in [0.25, 0.3) is 0 Å². The van der Waals surface area contributed by atoms with E-state index in [1.807, 2.05) is 0 Å². The molecule has 2 aromatic rings. The Hall–Kier alpha value is -1.49. The van der Waals surface area contributed by atoms with Gasteiger partial charge < -0.3 is 9.84 Å². The fraction of sp³-hybridized carbons (Fsp3) is 0.143. The van der Waals surface area contributed by atoms with E-state index in [2.05, 4.69) is 4.98 Å². The van der Waals surface area contributed by atoms with Crippen molar-refractivity contribution in [2.45, 2.75) is 13.8 Å². The first kappa shape index (κ1) is 15.9. The van der Waals surface area contributed by atoms with Crippen LogP contribution in [-0.2, 0) is 0 Å². The van der Waals surface area contributed by atoms with Gasteiger partial charge in [-0.3, -0.25) is 4.98 Å². The molecule has 0 aliphatic heterocycles. The van der Waals surface area contributed by atoms with Gasteiger partial charge in [-0.2, -0.15) is 0 Å². The third-order valence-electron chi connectivity index (χ3n) is 2.70. The molecular weight excluding hydrogens is 337 g/mol. The molecule has 2 rings (SSSR count). The monoisotopic (exact) mass is 345 g/mol. The minimum Gasteiger partial charge on any atom is -0.477 e. The van der Waals surface area contributed by atoms with Crippen LogP contribution < -0.4 is 4.74 Å². The minimum atomic E-state index is -1.13. The molecule has 110 valence electrons. The highest BCUT2D eigenvalue weighted by atomic mass is 35.5. The predicted molar refractivity (Wildman–Crippen MR) is 82.2 cm³/mol. The SMILES string of the molecule is Cc1cc(Oc2cc(Cl)c(Cl)cc2Cl)c(C(=O)O)c(C)n1. The number of aromatic nitrogens is 1. The van der Waals surface area contributed by atoms with Gasteiger partial charge in [0.1, 0.15) is 17.1 Å². The number of aromatic carboxylic acids is 1. The molecule has 21 heavy (non-hydrogen) atoms. The lowest BCUT2D eigenvalue weighted by Gasteiger charge is -2.13. The van der Waals surface area contributed by atoms with Crippen molar-refractivity contribution in [3.63, 3.8) is 0 Å². The van der Waals surface area contributed by atoms with Crippen LogP contribution in [0.3, 0.4) is 0 Å². The summed E-state index contributed by atoms with van der Waals surface area (Å²) in [5, 5.41) is 10.1. The third kappa shape index (κ3) is 3.40. The number of hydrogen-bond donors (Lipinski definition) is 1. The molecule has 1 N–H and O–H groups in total. The first-order chi connectivity index (χ1) is 9.79. The number of benzene rings is 1. The lowest BCUT2D eigenvalue weighted by atomic mass is 10.1. The van der Waals surface area contributed by atoms with Gasteiger partial charge in [0.05, 0.1) is 20.8 Å². The summed E-state index contributed by atoms with van der Waals surface area (Å²) in [6.07, 6.45) is 0. The second-order valence-electron chi connectivity index (χ2n) is 4.33. The molecule has 0 atom stereocenters. The lowest BCUT2D eigenvalue weighted by molar-refractivity contribution is 0.0693. The van der Waals surface area contributed by atoms with Crippen molar-refractivity contribution >= 4 is 40.8 Å². The fourth-order valence-corrected chi connectivity index (χ4v) is 2.41. The van der Waals surface area contributed by atoms with Gasteiger partial charge in [-0.1, -0.05) is 34.8 Å². The second kappa shape index (κ2) is 6.10. The molecule has 1 heterocycles. The number of nitrogens with zero attached hydrogens (tertiary/aromatic N) is 1. The van der Waals surface area contributed by atoms with Crippen molar-refractivity contribution in [3.8, 4) is 11.5 Å². The maximum absolute atomic E-state index is 11.3. The van der Waals surface area contributed by atoms with E-state index in [1.165, 1.54) is 18.2 Å². The third-order valence-corrected chi connectivity index (χ3v) is 3.72. The van der Waals surface area contributed by atoms with Gasteiger partial charge in [0.2, 0.25) is 0 Å². The number of ether oxygens (including phenoxy) is 1. The van der Waals surface area contributed by atoms with Crippen molar-refractivity contribution in [2.24, 2.45) is 0 Å². The average molecular weight is 347 g/mol. The molecule has 0 saturated heterocycles. The zero-order valence-electron chi connectivity index (χ0n) is 11.1. The normalized spacial score (nSPS) is 10.5. The molecule has 0 saturated carbocycles. The zero-order chi connectivity index (χ0) is 15.7. The molecule has 7 heteroatoms. The minimum absolute atomic E-state index is 0.0252. The number of carboxylic acids is 1. The summed E-state index contributed by atoms with van der Waals surface area (Å²) in [6, 6.07) is 4.39. The number of aryl methyl sites for hydroxylation is 2. The van der Waals surface area contributed by atoms with Gasteiger partial charge >= 0.3 is 5.97 Å². The summed E-state index contributed by atoms with van der Waals surface area (Å²) in [7, 11) is 0. The summed E-state index contributed by atoms with van der Waals surface area (Å²) < 4.78 is 5.60. The number of carbonyl (C=O) groups is 1. The highest BCUT2D eigenvalue weighted by molar-refractivity contribution is 6.43. The first-order valence-corrected chi connectivity index (χ1v) is 6.97. The molecular formula is C14H10Cl3NO3. The second-order valence-corrected chi connectivity index (χ2v) is 5.55. The van der Waals surface area contributed by atoms with Crippen LogP contribution in [0.4, 0.5) is 0 Å². The quantitative estimate of drug-likeness (QED) is 0.781. The molecule has 0 amide bonds. The summed E-state index contributed by atoms with van der Waals surface area (Å²) >= 11 is 17.8. The Morgan fingerprint density at radius 2 is 1.67 bits per heavy atom. The summed E-state index contributed by atoms with van der Waals surface area (Å²) in [6.45, 7) is 3.34. The Bertz CT molecular complexity index is 732. The molecule has 0 aliphatic carbocycles. The molecule has 1 aromatic carbocycles. The van der Waals surface area contributed by atoms with Crippen molar-refractivity contribution in [2.75, 3.05) is 0 Å². The predicted octanol–water partition coefficient (Wildman–Crippen LogP) is 5.15. The van der Waals surface area contributed by atoms with Gasteiger partial charge in [0.15, 0.2) is 0 Å². The van der Waals surface area contributed by atoms with E-state index in [4.69, 9.17) is 39.5 Å². The van der Waals surface area contributed by atoms with E-state index in [9.17, 15) is 9.90 Å². The van der Waals surface area contributed by atoms with Crippen molar-refractivity contribution in [1.29, 1.82) is 0 Å². The molecule has 0 aliphatic rings. The van der Waals surface area contributed by atoms with E-state index >= 15 is 0 Å². The Morgan fingerprint density at radius 1 is 1.05 bits per heavy atom. The number of pyridine rings is 1. The number of rotatable bonds is 3. The van der Waals surface area contributed by atoms with Crippen LogP contribution in [-0.4, -0.2) is 16.1 Å². The topological polar surface area (TPSA) is 59.4 Å². The van der Waals surface area contributed by atoms with E-state index in [0.29, 0.717) is 11.4 Å². The van der Waals surface area contributed by atoms with E-state index < -0.39 is 5.97 Å². The maximum atomic E-state index is 11.3. The molecule has 1 aromatic heterocycles. The van der Waals surface area contributed by atoms with Gasteiger partial charge in [-0.25, -0.2) is 4.79 Å². The molecule has 0 spiro atoms. The highest BCUT2D eigenvalue weighted by Gasteiger charge is 2.18. The molecule has 0 bridgehead atoms. The largest absolute Gasteiger partial charge is 0.477 e. The first-order valence-electron chi connectivity index (χ1n) is 5.83. The average Bonchev–Trinajstić information content (AvgIpc) is 2.34. The lowest BCUT2D eigenvalue weighted by Crippen LogP contribution is -2.06. The van der Waals surface area contributed by atoms with E-state index in [0.717, 1.165) is 0 Å². The van der Waals surface area contributed by atoms with Gasteiger partial charge in [-0.15, -0.1) is 0 Å². The zero-order valence-corrected chi connectivity index (χ0v) is 13.3. The van der Waals surface area contributed by atoms with E-state index in [-0.39, 0.29) is 32.1 Å². The van der Waals surface area contributed by atoms with Crippen LogP contribution in [0.1, 0.15) is 21.7 Å². The summed E-state index contributed by atoms with van der Waals surface area (Å²) in [4.78, 5) is 15.5. The van der Waals surface area contributed by atoms with Crippen LogP contribution >= 0.6 is 34.8 Å². The van der Waals surface area contributed by atoms with Crippen LogP contribution in [0.25, 0.3) is 0 Å². The molecule has 0 fully saturated rings. The maximum Gasteiger partial charge on any atom is 0.341 e. The molecule has 0 unspecified atom stereocenters. The molecule has 4 nitrogen and oxygen atoms in total. The fourth-order valence-electron chi connectivity index (χ4n) is 1.83. The van der Waals surface area contributed by atoms with Gasteiger partial charge in [-0.05, 0) is 19.9 Å². The standard InChI is InChI=1S/C14H10Cl3NO3/c1-6-3-12(13(14(19)20)7(2)18-6)21-11-5-9(16)8(15)4-10(11)17/h3-5H,1-2H3,(H,19,20). The summed E-state index contributed by atoms with van der Waals surface area (Å²) in [5.74, 6) is -0.766. The van der Waals surface area contributed by atoms with Crippen molar-refractivity contribution in [1.82, 2.24) is 4.98 Å². The Morgan fingerprint density at radius 3 is 2.29 bits per heavy atom.